The summed E-state index contributed by atoms with van der Waals surface area (Å²) in [5, 5.41) is 7.48. The number of primary sulfonamides is 1. The Hall–Kier alpha value is -1.67. The normalized spacial score (nSPS) is 11.2. The molecule has 0 radical (unpaired) electrons. The number of halogens is 1. The highest BCUT2D eigenvalue weighted by atomic mass is 32.2. The molecular weight excluding hydrogens is 273 g/mol. The van der Waals surface area contributed by atoms with Gasteiger partial charge in [-0.25, -0.2) is 17.9 Å². The van der Waals surface area contributed by atoms with Gasteiger partial charge in [0.15, 0.2) is 0 Å². The maximum Gasteiger partial charge on any atom is 0.241 e. The Morgan fingerprint density at radius 1 is 1.47 bits per heavy atom. The van der Waals surface area contributed by atoms with Gasteiger partial charge >= 0.3 is 0 Å². The first-order chi connectivity index (χ1) is 8.75. The summed E-state index contributed by atoms with van der Waals surface area (Å²) < 4.78 is 35.6. The fraction of sp³-hybridized carbons (Fsp3) is 0.364. The van der Waals surface area contributed by atoms with Crippen molar-refractivity contribution in [2.45, 2.75) is 11.8 Å². The van der Waals surface area contributed by atoms with Crippen molar-refractivity contribution < 1.29 is 17.6 Å². The Morgan fingerprint density at radius 3 is 2.58 bits per heavy atom. The number of rotatable bonds is 5. The molecule has 106 valence electrons. The minimum absolute atomic E-state index is 0.0465. The number of nitrogens with two attached hydrogens (primary N) is 1. The van der Waals surface area contributed by atoms with E-state index in [2.05, 4.69) is 5.32 Å². The van der Waals surface area contributed by atoms with Crippen molar-refractivity contribution >= 4 is 21.6 Å². The Balaban J connectivity index is 2.79. The molecule has 1 aromatic carbocycles. The molecule has 19 heavy (non-hydrogen) atoms. The summed E-state index contributed by atoms with van der Waals surface area (Å²) in [6, 6.07) is 3.22. The van der Waals surface area contributed by atoms with E-state index in [1.54, 1.807) is 7.05 Å². The summed E-state index contributed by atoms with van der Waals surface area (Å²) in [5.41, 5.74) is 0.0465. The van der Waals surface area contributed by atoms with Crippen LogP contribution in [0.4, 0.5) is 10.1 Å². The second-order valence-corrected chi connectivity index (χ2v) is 5.51. The number of carbonyl (C=O) groups is 1. The lowest BCUT2D eigenvalue weighted by atomic mass is 10.3. The molecule has 0 aliphatic rings. The van der Waals surface area contributed by atoms with Gasteiger partial charge in [-0.15, -0.1) is 0 Å². The van der Waals surface area contributed by atoms with E-state index in [1.165, 1.54) is 17.0 Å². The predicted octanol–water partition coefficient (Wildman–Crippen LogP) is 0.363. The average molecular weight is 289 g/mol. The van der Waals surface area contributed by atoms with Gasteiger partial charge in [0.05, 0.1) is 17.1 Å². The fourth-order valence-corrected chi connectivity index (χ4v) is 1.82. The molecule has 3 N–H and O–H groups in total. The van der Waals surface area contributed by atoms with Gasteiger partial charge in [0.1, 0.15) is 5.82 Å². The van der Waals surface area contributed by atoms with Crippen LogP contribution in [0.3, 0.4) is 0 Å². The largest absolute Gasteiger partial charge is 0.374 e. The lowest BCUT2D eigenvalue weighted by molar-refractivity contribution is -0.127. The van der Waals surface area contributed by atoms with Crippen LogP contribution in [-0.2, 0) is 14.8 Å². The summed E-state index contributed by atoms with van der Waals surface area (Å²) in [4.78, 5) is 12.7. The zero-order valence-corrected chi connectivity index (χ0v) is 11.5. The fourth-order valence-electron chi connectivity index (χ4n) is 1.30. The van der Waals surface area contributed by atoms with Gasteiger partial charge in [0.2, 0.25) is 15.9 Å². The van der Waals surface area contributed by atoms with Crippen LogP contribution in [0.5, 0.6) is 0 Å². The first-order valence-electron chi connectivity index (χ1n) is 5.56. The van der Waals surface area contributed by atoms with Crippen molar-refractivity contribution in [1.29, 1.82) is 0 Å². The van der Waals surface area contributed by atoms with Crippen molar-refractivity contribution in [3.8, 4) is 0 Å². The second kappa shape index (κ2) is 5.98. The maximum atomic E-state index is 13.6. The molecule has 0 unspecified atom stereocenters. The van der Waals surface area contributed by atoms with Crippen LogP contribution in [0.1, 0.15) is 6.92 Å². The van der Waals surface area contributed by atoms with Gasteiger partial charge in [0.25, 0.3) is 0 Å². The molecule has 0 aliphatic heterocycles. The molecule has 0 spiro atoms. The topological polar surface area (TPSA) is 92.5 Å². The number of likely N-dealkylation sites (N-methyl/N-ethyl adjacent to an activating group) is 1. The highest BCUT2D eigenvalue weighted by Gasteiger charge is 2.12. The van der Waals surface area contributed by atoms with Gasteiger partial charge < -0.3 is 10.2 Å². The van der Waals surface area contributed by atoms with Gasteiger partial charge in [0, 0.05) is 13.6 Å². The van der Waals surface area contributed by atoms with Gasteiger partial charge in [-0.05, 0) is 25.1 Å². The van der Waals surface area contributed by atoms with Crippen molar-refractivity contribution in [2.75, 3.05) is 25.5 Å². The van der Waals surface area contributed by atoms with Crippen LogP contribution in [0.25, 0.3) is 0 Å². The number of anilines is 1. The number of nitrogens with zero attached hydrogens (tertiary/aromatic N) is 1. The number of sulfonamides is 1. The SMILES string of the molecule is CCN(C)C(=O)CNc1ccc(S(N)(=O)=O)cc1F. The van der Waals surface area contributed by atoms with Crippen LogP contribution in [0.15, 0.2) is 23.1 Å². The van der Waals surface area contributed by atoms with Crippen LogP contribution >= 0.6 is 0 Å². The molecule has 0 saturated carbocycles. The van der Waals surface area contributed by atoms with E-state index in [4.69, 9.17) is 5.14 Å². The Kier molecular flexibility index (Phi) is 4.84. The summed E-state index contributed by atoms with van der Waals surface area (Å²) >= 11 is 0. The summed E-state index contributed by atoms with van der Waals surface area (Å²) in [7, 11) is -2.30. The molecule has 0 bridgehead atoms. The zero-order chi connectivity index (χ0) is 14.6. The maximum absolute atomic E-state index is 13.6. The first kappa shape index (κ1) is 15.4. The monoisotopic (exact) mass is 289 g/mol. The summed E-state index contributed by atoms with van der Waals surface area (Å²) in [5.74, 6) is -0.976. The number of amides is 1. The van der Waals surface area contributed by atoms with Gasteiger partial charge in [-0.1, -0.05) is 0 Å². The van der Waals surface area contributed by atoms with E-state index in [0.29, 0.717) is 6.54 Å². The van der Waals surface area contributed by atoms with Crippen LogP contribution < -0.4 is 10.5 Å². The van der Waals surface area contributed by atoms with Crippen LogP contribution in [-0.4, -0.2) is 39.4 Å². The number of carbonyl (C=O) groups excluding carboxylic acids is 1. The van der Waals surface area contributed by atoms with Gasteiger partial charge in [-0.3, -0.25) is 4.79 Å². The first-order valence-corrected chi connectivity index (χ1v) is 7.10. The Bertz CT molecular complexity index is 575. The highest BCUT2D eigenvalue weighted by molar-refractivity contribution is 7.89. The molecule has 0 heterocycles. The summed E-state index contributed by atoms with van der Waals surface area (Å²) in [6.45, 7) is 2.29. The number of nitrogens with one attached hydrogen (secondary N) is 1. The third-order valence-electron chi connectivity index (χ3n) is 2.60. The smallest absolute Gasteiger partial charge is 0.241 e. The second-order valence-electron chi connectivity index (χ2n) is 3.95. The van der Waals surface area contributed by atoms with E-state index in [1.807, 2.05) is 6.92 Å². The van der Waals surface area contributed by atoms with Crippen molar-refractivity contribution in [3.63, 3.8) is 0 Å². The molecule has 0 atom stereocenters. The average Bonchev–Trinajstić information content (AvgIpc) is 2.34. The third kappa shape index (κ3) is 4.18. The molecule has 6 nitrogen and oxygen atoms in total. The molecule has 1 aromatic rings. The summed E-state index contributed by atoms with van der Waals surface area (Å²) in [6.07, 6.45) is 0. The van der Waals surface area contributed by atoms with Crippen molar-refractivity contribution in [2.24, 2.45) is 5.14 Å². The number of hydrogen-bond donors (Lipinski definition) is 2. The quantitative estimate of drug-likeness (QED) is 0.818. The number of benzene rings is 1. The van der Waals surface area contributed by atoms with Crippen molar-refractivity contribution in [1.82, 2.24) is 4.90 Å². The van der Waals surface area contributed by atoms with E-state index < -0.39 is 15.8 Å². The molecule has 1 amide bonds. The Morgan fingerprint density at radius 2 is 2.11 bits per heavy atom. The molecule has 0 fully saturated rings. The molecule has 0 saturated heterocycles. The standard InChI is InChI=1S/C11H16FN3O3S/c1-3-15(2)11(16)7-14-10-5-4-8(6-9(10)12)19(13,17)18/h4-6,14H,3,7H2,1-2H3,(H2,13,17,18). The van der Waals surface area contributed by atoms with Crippen LogP contribution in [0, 0.1) is 5.82 Å². The zero-order valence-electron chi connectivity index (χ0n) is 10.7. The third-order valence-corrected chi connectivity index (χ3v) is 3.51. The lowest BCUT2D eigenvalue weighted by Gasteiger charge is -2.15. The lowest BCUT2D eigenvalue weighted by Crippen LogP contribution is -2.32. The molecule has 0 aliphatic carbocycles. The Labute approximate surface area is 111 Å². The predicted molar refractivity (Wildman–Crippen MR) is 69.6 cm³/mol. The van der Waals surface area contributed by atoms with E-state index in [-0.39, 0.29) is 23.0 Å². The minimum atomic E-state index is -3.93. The molecule has 1 rings (SSSR count). The van der Waals surface area contributed by atoms with Crippen LogP contribution in [0.2, 0.25) is 0 Å². The van der Waals surface area contributed by atoms with E-state index in [9.17, 15) is 17.6 Å². The number of hydrogen-bond acceptors (Lipinski definition) is 4. The van der Waals surface area contributed by atoms with E-state index >= 15 is 0 Å². The van der Waals surface area contributed by atoms with E-state index in [0.717, 1.165) is 6.07 Å². The molecular formula is C11H16FN3O3S. The minimum Gasteiger partial charge on any atom is -0.374 e. The van der Waals surface area contributed by atoms with Gasteiger partial charge in [-0.2, -0.15) is 0 Å². The highest BCUT2D eigenvalue weighted by Crippen LogP contribution is 2.17. The molecule has 0 aromatic heterocycles. The molecule has 8 heteroatoms. The van der Waals surface area contributed by atoms with Crippen molar-refractivity contribution in [3.05, 3.63) is 24.0 Å².